The first-order valence-corrected chi connectivity index (χ1v) is 12.4. The lowest BCUT2D eigenvalue weighted by Gasteiger charge is -2.15. The molecule has 0 heterocycles. The number of anilines is 1. The van der Waals surface area contributed by atoms with E-state index in [1.54, 1.807) is 12.1 Å². The molecular formula is C29H29IN2O3. The van der Waals surface area contributed by atoms with Crippen LogP contribution in [0.5, 0.6) is 11.5 Å². The third kappa shape index (κ3) is 6.86. The number of nitrogens with zero attached hydrogens (tertiary/aromatic N) is 1. The summed E-state index contributed by atoms with van der Waals surface area (Å²) < 4.78 is 12.8. The van der Waals surface area contributed by atoms with Crippen LogP contribution in [-0.4, -0.2) is 12.5 Å². The summed E-state index contributed by atoms with van der Waals surface area (Å²) in [6, 6.07) is 17.7. The second-order valence-electron chi connectivity index (χ2n) is 8.42. The first-order chi connectivity index (χ1) is 16.7. The zero-order chi connectivity index (χ0) is 25.5. The van der Waals surface area contributed by atoms with Crippen molar-refractivity contribution in [2.45, 2.75) is 41.2 Å². The molecule has 0 radical (unpaired) electrons. The van der Waals surface area contributed by atoms with E-state index in [1.165, 1.54) is 11.1 Å². The van der Waals surface area contributed by atoms with E-state index >= 15 is 0 Å². The maximum Gasteiger partial charge on any atom is 0.266 e. The van der Waals surface area contributed by atoms with E-state index in [0.717, 1.165) is 20.3 Å². The molecule has 0 fully saturated rings. The van der Waals surface area contributed by atoms with Gasteiger partial charge in [-0.1, -0.05) is 41.5 Å². The Balaban J connectivity index is 1.87. The van der Waals surface area contributed by atoms with Crippen LogP contribution < -0.4 is 14.8 Å². The lowest BCUT2D eigenvalue weighted by atomic mass is 10.1. The van der Waals surface area contributed by atoms with Gasteiger partial charge in [0.2, 0.25) is 0 Å². The maximum absolute atomic E-state index is 12.8. The lowest BCUT2D eigenvalue weighted by Crippen LogP contribution is -2.14. The quantitative estimate of drug-likeness (QED) is 0.176. The molecule has 35 heavy (non-hydrogen) atoms. The summed E-state index contributed by atoms with van der Waals surface area (Å²) in [6.07, 6.45) is 1.57. The van der Waals surface area contributed by atoms with E-state index in [2.05, 4.69) is 60.0 Å². The SMILES string of the molecule is CCOc1cc(/C=C(\C#N)C(=O)Nc2cccc(C)c2C)cc(I)c1OCc1cc(C)cc(C)c1. The minimum atomic E-state index is -0.454. The highest BCUT2D eigenvalue weighted by molar-refractivity contribution is 14.1. The number of nitriles is 1. The van der Waals surface area contributed by atoms with Crippen LogP contribution in [0.3, 0.4) is 0 Å². The minimum absolute atomic E-state index is 0.00746. The van der Waals surface area contributed by atoms with Crippen LogP contribution in [-0.2, 0) is 11.4 Å². The van der Waals surface area contributed by atoms with Gasteiger partial charge in [-0.15, -0.1) is 0 Å². The van der Waals surface area contributed by atoms with Crippen molar-refractivity contribution in [1.29, 1.82) is 5.26 Å². The number of ether oxygens (including phenoxy) is 2. The zero-order valence-corrected chi connectivity index (χ0v) is 22.8. The summed E-state index contributed by atoms with van der Waals surface area (Å²) >= 11 is 2.19. The summed E-state index contributed by atoms with van der Waals surface area (Å²) in [6.45, 7) is 10.8. The molecule has 0 aliphatic heterocycles. The van der Waals surface area contributed by atoms with E-state index in [1.807, 2.05) is 51.1 Å². The van der Waals surface area contributed by atoms with Crippen LogP contribution in [0.15, 0.2) is 54.1 Å². The first-order valence-electron chi connectivity index (χ1n) is 11.4. The normalized spacial score (nSPS) is 11.1. The molecule has 0 aromatic heterocycles. The van der Waals surface area contributed by atoms with Gasteiger partial charge in [0.15, 0.2) is 11.5 Å². The van der Waals surface area contributed by atoms with Crippen LogP contribution in [0.2, 0.25) is 0 Å². The smallest absolute Gasteiger partial charge is 0.266 e. The monoisotopic (exact) mass is 580 g/mol. The van der Waals surface area contributed by atoms with Crippen molar-refractivity contribution in [2.24, 2.45) is 0 Å². The van der Waals surface area contributed by atoms with Gasteiger partial charge in [0.1, 0.15) is 18.2 Å². The molecule has 1 amide bonds. The van der Waals surface area contributed by atoms with Crippen molar-refractivity contribution < 1.29 is 14.3 Å². The molecule has 0 bridgehead atoms. The summed E-state index contributed by atoms with van der Waals surface area (Å²) in [7, 11) is 0. The van der Waals surface area contributed by atoms with Gasteiger partial charge in [0.25, 0.3) is 5.91 Å². The zero-order valence-electron chi connectivity index (χ0n) is 20.7. The third-order valence-electron chi connectivity index (χ3n) is 5.53. The molecule has 0 saturated carbocycles. The minimum Gasteiger partial charge on any atom is -0.490 e. The summed E-state index contributed by atoms with van der Waals surface area (Å²) in [5.41, 5.74) is 6.88. The third-order valence-corrected chi connectivity index (χ3v) is 6.33. The standard InChI is InChI=1S/C29H29IN2O3/c1-6-34-27-15-22(13-24(16-31)29(33)32-26-9-7-8-20(4)21(26)5)14-25(30)28(27)35-17-23-11-18(2)10-19(3)12-23/h7-15H,6,17H2,1-5H3,(H,32,33)/b24-13+. The van der Waals surface area contributed by atoms with E-state index in [9.17, 15) is 10.1 Å². The Morgan fingerprint density at radius 3 is 2.43 bits per heavy atom. The van der Waals surface area contributed by atoms with Gasteiger partial charge in [0, 0.05) is 5.69 Å². The average molecular weight is 580 g/mol. The van der Waals surface area contributed by atoms with Crippen molar-refractivity contribution in [3.8, 4) is 17.6 Å². The predicted octanol–water partition coefficient (Wildman–Crippen LogP) is 7.05. The molecular weight excluding hydrogens is 551 g/mol. The van der Waals surface area contributed by atoms with Gasteiger partial charge in [-0.25, -0.2) is 0 Å². The highest BCUT2D eigenvalue weighted by atomic mass is 127. The van der Waals surface area contributed by atoms with E-state index < -0.39 is 5.91 Å². The van der Waals surface area contributed by atoms with Gasteiger partial charge in [0.05, 0.1) is 10.2 Å². The molecule has 0 atom stereocenters. The Morgan fingerprint density at radius 1 is 1.06 bits per heavy atom. The molecule has 0 aliphatic carbocycles. The summed E-state index contributed by atoms with van der Waals surface area (Å²) in [4.78, 5) is 12.8. The largest absolute Gasteiger partial charge is 0.490 e. The van der Waals surface area contributed by atoms with Crippen LogP contribution in [0.1, 0.15) is 40.3 Å². The van der Waals surface area contributed by atoms with Crippen molar-refractivity contribution in [2.75, 3.05) is 11.9 Å². The highest BCUT2D eigenvalue weighted by Gasteiger charge is 2.15. The molecule has 3 aromatic rings. The van der Waals surface area contributed by atoms with Gasteiger partial charge < -0.3 is 14.8 Å². The van der Waals surface area contributed by atoms with Crippen molar-refractivity contribution >= 4 is 40.3 Å². The number of hydrogen-bond acceptors (Lipinski definition) is 4. The number of rotatable bonds is 8. The molecule has 0 spiro atoms. The van der Waals surface area contributed by atoms with E-state index in [4.69, 9.17) is 9.47 Å². The van der Waals surface area contributed by atoms with E-state index in [-0.39, 0.29) is 5.57 Å². The summed E-state index contributed by atoms with van der Waals surface area (Å²) in [5.74, 6) is 0.758. The van der Waals surface area contributed by atoms with Gasteiger partial charge >= 0.3 is 0 Å². The van der Waals surface area contributed by atoms with Crippen LogP contribution in [0, 0.1) is 42.6 Å². The van der Waals surface area contributed by atoms with Crippen LogP contribution >= 0.6 is 22.6 Å². The number of carbonyl (C=O) groups is 1. The van der Waals surface area contributed by atoms with Gasteiger partial charge in [-0.2, -0.15) is 5.26 Å². The average Bonchev–Trinajstić information content (AvgIpc) is 2.79. The molecule has 5 nitrogen and oxygen atoms in total. The fourth-order valence-corrected chi connectivity index (χ4v) is 4.55. The van der Waals surface area contributed by atoms with Gasteiger partial charge in [-0.3, -0.25) is 4.79 Å². The van der Waals surface area contributed by atoms with Crippen molar-refractivity contribution in [1.82, 2.24) is 0 Å². The molecule has 6 heteroatoms. The Kier molecular flexibility index (Phi) is 8.94. The Labute approximate surface area is 220 Å². The Morgan fingerprint density at radius 2 is 1.77 bits per heavy atom. The van der Waals surface area contributed by atoms with Gasteiger partial charge in [-0.05, 0) is 104 Å². The number of nitrogens with one attached hydrogen (secondary N) is 1. The number of amides is 1. The second kappa shape index (κ2) is 11.9. The van der Waals surface area contributed by atoms with Crippen LogP contribution in [0.25, 0.3) is 6.08 Å². The maximum atomic E-state index is 12.8. The Hall–Kier alpha value is -3.31. The topological polar surface area (TPSA) is 71.3 Å². The first kappa shape index (κ1) is 26.3. The van der Waals surface area contributed by atoms with Crippen LogP contribution in [0.4, 0.5) is 5.69 Å². The fourth-order valence-electron chi connectivity index (χ4n) is 3.77. The fraction of sp³-hybridized carbons (Fsp3) is 0.241. The number of benzene rings is 3. The molecule has 1 N–H and O–H groups in total. The molecule has 0 unspecified atom stereocenters. The lowest BCUT2D eigenvalue weighted by molar-refractivity contribution is -0.112. The molecule has 180 valence electrons. The van der Waals surface area contributed by atoms with Crippen molar-refractivity contribution in [3.05, 3.63) is 91.1 Å². The molecule has 3 rings (SSSR count). The van der Waals surface area contributed by atoms with Crippen molar-refractivity contribution in [3.63, 3.8) is 0 Å². The predicted molar refractivity (Wildman–Crippen MR) is 149 cm³/mol. The second-order valence-corrected chi connectivity index (χ2v) is 9.58. The highest BCUT2D eigenvalue weighted by Crippen LogP contribution is 2.35. The number of carbonyl (C=O) groups excluding carboxylic acids is 1. The molecule has 0 aliphatic rings. The number of halogens is 1. The number of aryl methyl sites for hydroxylation is 3. The summed E-state index contributed by atoms with van der Waals surface area (Å²) in [5, 5.41) is 12.5. The Bertz CT molecular complexity index is 1300. The molecule has 3 aromatic carbocycles. The molecule has 0 saturated heterocycles. The number of hydrogen-bond donors (Lipinski definition) is 1. The van der Waals surface area contributed by atoms with E-state index in [0.29, 0.717) is 36.0 Å².